The number of halogens is 2. The van der Waals surface area contributed by atoms with Crippen LogP contribution in [-0.2, 0) is 4.84 Å². The second-order valence-electron chi connectivity index (χ2n) is 2.30. The second kappa shape index (κ2) is 2.80. The number of rotatable bonds is 1. The highest BCUT2D eigenvalue weighted by atomic mass is 19.3. The molecule has 10 heavy (non-hydrogen) atoms. The van der Waals surface area contributed by atoms with Crippen molar-refractivity contribution in [1.29, 1.82) is 0 Å². The van der Waals surface area contributed by atoms with E-state index in [1.165, 1.54) is 0 Å². The lowest BCUT2D eigenvalue weighted by Gasteiger charge is -2.32. The maximum Gasteiger partial charge on any atom is 0.325 e. The molecule has 0 aliphatic carbocycles. The van der Waals surface area contributed by atoms with Crippen molar-refractivity contribution in [3.8, 4) is 0 Å². The second-order valence-corrected chi connectivity index (χ2v) is 2.30. The van der Waals surface area contributed by atoms with Crippen LogP contribution in [0.5, 0.6) is 0 Å². The normalized spacial score (nSPS) is 26.7. The molecule has 60 valence electrons. The Morgan fingerprint density at radius 3 is 2.70 bits per heavy atom. The van der Waals surface area contributed by atoms with Crippen molar-refractivity contribution in [2.24, 2.45) is 0 Å². The predicted octanol–water partition coefficient (Wildman–Crippen LogP) is 1.63. The smallest absolute Gasteiger partial charge is 0.294 e. The first-order valence-corrected chi connectivity index (χ1v) is 3.45. The molecule has 1 aliphatic heterocycles. The number of hydroxylamine groups is 2. The van der Waals surface area contributed by atoms with Gasteiger partial charge in [0.2, 0.25) is 0 Å². The largest absolute Gasteiger partial charge is 0.325 e. The lowest BCUT2D eigenvalue weighted by atomic mass is 10.2. The summed E-state index contributed by atoms with van der Waals surface area (Å²) in [5, 5.41) is 0.747. The van der Waals surface area contributed by atoms with Gasteiger partial charge in [0.25, 0.3) is 0 Å². The number of alkyl halides is 2. The van der Waals surface area contributed by atoms with Crippen LogP contribution in [0.4, 0.5) is 8.78 Å². The third-order valence-corrected chi connectivity index (χ3v) is 1.52. The van der Waals surface area contributed by atoms with Gasteiger partial charge in [-0.15, -0.1) is 5.06 Å². The molecular formula is C6H11F2NO. The maximum absolute atomic E-state index is 12.7. The van der Waals surface area contributed by atoms with Crippen molar-refractivity contribution in [2.45, 2.75) is 25.8 Å². The van der Waals surface area contributed by atoms with E-state index in [0.717, 1.165) is 5.06 Å². The van der Waals surface area contributed by atoms with E-state index < -0.39 is 6.05 Å². The van der Waals surface area contributed by atoms with Gasteiger partial charge in [-0.3, -0.25) is 4.84 Å². The summed E-state index contributed by atoms with van der Waals surface area (Å²) in [6.45, 7) is 2.32. The van der Waals surface area contributed by atoms with E-state index in [2.05, 4.69) is 0 Å². The molecule has 0 aromatic heterocycles. The van der Waals surface area contributed by atoms with Crippen LogP contribution >= 0.6 is 0 Å². The van der Waals surface area contributed by atoms with Gasteiger partial charge in [-0.05, 0) is 13.3 Å². The molecule has 0 saturated carbocycles. The first-order valence-electron chi connectivity index (χ1n) is 3.45. The van der Waals surface area contributed by atoms with Crippen LogP contribution < -0.4 is 0 Å². The van der Waals surface area contributed by atoms with Crippen molar-refractivity contribution in [2.75, 3.05) is 13.2 Å². The average molecular weight is 151 g/mol. The molecule has 0 N–H and O–H groups in total. The molecule has 0 atom stereocenters. The predicted molar refractivity (Wildman–Crippen MR) is 32.5 cm³/mol. The Balaban J connectivity index is 2.51. The van der Waals surface area contributed by atoms with Gasteiger partial charge in [0.05, 0.1) is 6.61 Å². The Kier molecular flexibility index (Phi) is 2.21. The summed E-state index contributed by atoms with van der Waals surface area (Å²) in [6, 6.07) is -2.74. The summed E-state index contributed by atoms with van der Waals surface area (Å²) < 4.78 is 25.3. The van der Waals surface area contributed by atoms with Crippen molar-refractivity contribution >= 4 is 0 Å². The minimum atomic E-state index is -2.74. The Hall–Kier alpha value is -0.220. The Labute approximate surface area is 58.7 Å². The highest BCUT2D eigenvalue weighted by Crippen LogP contribution is 2.28. The summed E-state index contributed by atoms with van der Waals surface area (Å²) in [5.41, 5.74) is 0. The van der Waals surface area contributed by atoms with E-state index in [0.29, 0.717) is 13.0 Å². The van der Waals surface area contributed by atoms with Crippen molar-refractivity contribution < 1.29 is 13.6 Å². The zero-order valence-corrected chi connectivity index (χ0v) is 5.94. The first-order chi connectivity index (χ1) is 4.67. The fourth-order valence-corrected chi connectivity index (χ4v) is 1.00. The number of hydrogen-bond donors (Lipinski definition) is 0. The highest BCUT2D eigenvalue weighted by Gasteiger charge is 2.39. The van der Waals surface area contributed by atoms with Crippen LogP contribution in [0.25, 0.3) is 0 Å². The van der Waals surface area contributed by atoms with E-state index in [4.69, 9.17) is 4.84 Å². The van der Waals surface area contributed by atoms with Crippen LogP contribution in [0.1, 0.15) is 19.8 Å². The topological polar surface area (TPSA) is 12.5 Å². The molecule has 1 aliphatic rings. The van der Waals surface area contributed by atoms with Gasteiger partial charge < -0.3 is 0 Å². The molecule has 4 heteroatoms. The van der Waals surface area contributed by atoms with Crippen LogP contribution in [0.3, 0.4) is 0 Å². The third kappa shape index (κ3) is 1.44. The van der Waals surface area contributed by atoms with Gasteiger partial charge >= 0.3 is 6.05 Å². The Morgan fingerprint density at radius 1 is 1.60 bits per heavy atom. The molecule has 0 aromatic carbocycles. The standard InChI is InChI=1S/C6H11F2NO/c1-2-9-6(7,8)4-3-5-10-9/h2-5H2,1H3. The summed E-state index contributed by atoms with van der Waals surface area (Å²) in [5.74, 6) is 0. The van der Waals surface area contributed by atoms with Crippen molar-refractivity contribution in [3.05, 3.63) is 0 Å². The summed E-state index contributed by atoms with van der Waals surface area (Å²) in [6.07, 6.45) is 0.365. The summed E-state index contributed by atoms with van der Waals surface area (Å²) in [7, 11) is 0. The SMILES string of the molecule is CCN1OCCCC1(F)F. The van der Waals surface area contributed by atoms with Gasteiger partial charge in [0, 0.05) is 13.0 Å². The summed E-state index contributed by atoms with van der Waals surface area (Å²) >= 11 is 0. The molecule has 0 amide bonds. The highest BCUT2D eigenvalue weighted by molar-refractivity contribution is 4.65. The zero-order valence-electron chi connectivity index (χ0n) is 5.94. The third-order valence-electron chi connectivity index (χ3n) is 1.52. The maximum atomic E-state index is 12.7. The minimum absolute atomic E-state index is 0.0825. The lowest BCUT2D eigenvalue weighted by Crippen LogP contribution is -2.45. The molecule has 2 nitrogen and oxygen atoms in total. The number of nitrogens with zero attached hydrogens (tertiary/aromatic N) is 1. The molecule has 0 bridgehead atoms. The van der Waals surface area contributed by atoms with Gasteiger partial charge in [-0.2, -0.15) is 8.78 Å². The average Bonchev–Trinajstić information content (AvgIpc) is 1.87. The molecular weight excluding hydrogens is 140 g/mol. The van der Waals surface area contributed by atoms with Crippen molar-refractivity contribution in [1.82, 2.24) is 5.06 Å². The van der Waals surface area contributed by atoms with E-state index in [-0.39, 0.29) is 13.0 Å². The Bertz CT molecular complexity index is 118. The van der Waals surface area contributed by atoms with Gasteiger partial charge in [-0.1, -0.05) is 0 Å². The molecule has 0 spiro atoms. The van der Waals surface area contributed by atoms with Gasteiger partial charge in [-0.25, -0.2) is 0 Å². The van der Waals surface area contributed by atoms with Crippen LogP contribution in [-0.4, -0.2) is 24.3 Å². The fraction of sp³-hybridized carbons (Fsp3) is 1.00. The van der Waals surface area contributed by atoms with E-state index in [9.17, 15) is 8.78 Å². The molecule has 1 saturated heterocycles. The molecule has 1 rings (SSSR count). The molecule has 0 unspecified atom stereocenters. The summed E-state index contributed by atoms with van der Waals surface area (Å²) in [4.78, 5) is 4.73. The first kappa shape index (κ1) is 7.88. The zero-order chi connectivity index (χ0) is 7.61. The number of hydrogen-bond acceptors (Lipinski definition) is 2. The van der Waals surface area contributed by atoms with Gasteiger partial charge in [0.15, 0.2) is 0 Å². The Morgan fingerprint density at radius 2 is 2.30 bits per heavy atom. The van der Waals surface area contributed by atoms with E-state index in [1.54, 1.807) is 6.92 Å². The van der Waals surface area contributed by atoms with Crippen LogP contribution in [0.2, 0.25) is 0 Å². The monoisotopic (exact) mass is 151 g/mol. The fourth-order valence-electron chi connectivity index (χ4n) is 1.00. The molecule has 1 fully saturated rings. The minimum Gasteiger partial charge on any atom is -0.294 e. The lowest BCUT2D eigenvalue weighted by molar-refractivity contribution is -0.338. The van der Waals surface area contributed by atoms with Crippen LogP contribution in [0.15, 0.2) is 0 Å². The van der Waals surface area contributed by atoms with Crippen molar-refractivity contribution in [3.63, 3.8) is 0 Å². The van der Waals surface area contributed by atoms with E-state index >= 15 is 0 Å². The van der Waals surface area contributed by atoms with Gasteiger partial charge in [0.1, 0.15) is 0 Å². The molecule has 0 aromatic rings. The molecule has 1 heterocycles. The molecule has 0 radical (unpaired) electrons. The van der Waals surface area contributed by atoms with Crippen LogP contribution in [0, 0.1) is 0 Å². The quantitative estimate of drug-likeness (QED) is 0.528. The van der Waals surface area contributed by atoms with E-state index in [1.807, 2.05) is 0 Å².